The van der Waals surface area contributed by atoms with E-state index in [0.29, 0.717) is 16.4 Å². The quantitative estimate of drug-likeness (QED) is 0.532. The van der Waals surface area contributed by atoms with Crippen molar-refractivity contribution in [1.82, 2.24) is 14.6 Å². The van der Waals surface area contributed by atoms with E-state index in [0.717, 1.165) is 28.3 Å². The second kappa shape index (κ2) is 6.65. The summed E-state index contributed by atoms with van der Waals surface area (Å²) >= 11 is 0.925. The number of nitrogens with zero attached hydrogens (tertiary/aromatic N) is 3. The van der Waals surface area contributed by atoms with Gasteiger partial charge in [-0.3, -0.25) is 0 Å². The van der Waals surface area contributed by atoms with E-state index < -0.39 is 10.0 Å². The Morgan fingerprint density at radius 1 is 1.15 bits per heavy atom. The number of aromatic nitrogens is 3. The van der Waals surface area contributed by atoms with Crippen molar-refractivity contribution < 1.29 is 13.2 Å². The van der Waals surface area contributed by atoms with Gasteiger partial charge in [0.1, 0.15) is 11.5 Å². The first kappa shape index (κ1) is 17.5. The highest BCUT2D eigenvalue weighted by molar-refractivity contribution is 7.91. The molecule has 0 aliphatic rings. The van der Waals surface area contributed by atoms with E-state index in [4.69, 9.17) is 9.88 Å². The number of benzene rings is 2. The van der Waals surface area contributed by atoms with Crippen molar-refractivity contribution in [3.8, 4) is 22.8 Å². The highest BCUT2D eigenvalue weighted by atomic mass is 32.2. The molecular weight excluding hydrogens is 386 g/mol. The van der Waals surface area contributed by atoms with E-state index in [-0.39, 0.29) is 4.34 Å². The Labute approximate surface area is 159 Å². The van der Waals surface area contributed by atoms with Crippen molar-refractivity contribution in [2.45, 2.75) is 4.34 Å². The van der Waals surface area contributed by atoms with Crippen LogP contribution >= 0.6 is 11.3 Å². The van der Waals surface area contributed by atoms with Crippen LogP contribution in [0.5, 0.6) is 11.5 Å². The third-order valence-corrected chi connectivity index (χ3v) is 6.01. The van der Waals surface area contributed by atoms with Gasteiger partial charge in [-0.25, -0.2) is 23.1 Å². The number of fused-ring (bicyclic) bond motifs is 1. The van der Waals surface area contributed by atoms with Gasteiger partial charge in [0.25, 0.3) is 10.0 Å². The second-order valence-corrected chi connectivity index (χ2v) is 8.36. The Hall–Kier alpha value is -2.95. The molecule has 3 N–H and O–H groups in total. The Bertz CT molecular complexity index is 1180. The van der Waals surface area contributed by atoms with E-state index >= 15 is 0 Å². The second-order valence-electron chi connectivity index (χ2n) is 5.67. The molecule has 0 atom stereocenters. The number of anilines is 1. The largest absolute Gasteiger partial charge is 0.457 e. The van der Waals surface area contributed by atoms with Crippen molar-refractivity contribution in [2.24, 2.45) is 5.14 Å². The minimum absolute atomic E-state index is 0.163. The van der Waals surface area contributed by atoms with E-state index in [9.17, 15) is 8.42 Å². The Morgan fingerprint density at radius 2 is 1.93 bits per heavy atom. The highest BCUT2D eigenvalue weighted by Gasteiger charge is 2.17. The van der Waals surface area contributed by atoms with E-state index in [1.165, 1.54) is 4.52 Å². The van der Waals surface area contributed by atoms with Crippen LogP contribution in [0.25, 0.3) is 16.2 Å². The number of rotatable bonds is 5. The number of hydrogen-bond donors (Lipinski definition) is 2. The number of sulfonamides is 1. The number of imidazole rings is 1. The number of primary sulfonamides is 1. The Kier molecular flexibility index (Phi) is 4.30. The monoisotopic (exact) mass is 401 g/mol. The molecular formula is C17H15N5O3S2. The topological polar surface area (TPSA) is 112 Å². The summed E-state index contributed by atoms with van der Waals surface area (Å²) in [5.41, 5.74) is 2.51. The number of nitrogens with one attached hydrogen (secondary N) is 1. The molecule has 4 aromatic rings. The average molecular weight is 401 g/mol. The van der Waals surface area contributed by atoms with Gasteiger partial charge in [-0.2, -0.15) is 0 Å². The first-order valence-corrected chi connectivity index (χ1v) is 10.2. The maximum absolute atomic E-state index is 11.3. The van der Waals surface area contributed by atoms with Crippen LogP contribution in [0.1, 0.15) is 0 Å². The standard InChI is InChI=1S/C17H15N5O3S2/c1-19-12-3-2-4-14(9-12)25-13-7-5-11(6-8-13)15-10-22-16(20-15)26-17(21-22)27(18,23)24/h2-10,19H,1H3,(H2,18,23,24). The van der Waals surface area contributed by atoms with Gasteiger partial charge >= 0.3 is 0 Å². The minimum Gasteiger partial charge on any atom is -0.457 e. The molecule has 0 spiro atoms. The fraction of sp³-hybridized carbons (Fsp3) is 0.0588. The molecule has 0 aliphatic heterocycles. The molecule has 0 unspecified atom stereocenters. The first-order valence-electron chi connectivity index (χ1n) is 7.87. The average Bonchev–Trinajstić information content (AvgIpc) is 3.21. The van der Waals surface area contributed by atoms with Crippen LogP contribution in [0, 0.1) is 0 Å². The molecule has 0 aliphatic carbocycles. The van der Waals surface area contributed by atoms with Crippen molar-refractivity contribution in [2.75, 3.05) is 12.4 Å². The van der Waals surface area contributed by atoms with Crippen molar-refractivity contribution >= 4 is 32.0 Å². The van der Waals surface area contributed by atoms with E-state index in [2.05, 4.69) is 15.4 Å². The molecule has 138 valence electrons. The zero-order valence-electron chi connectivity index (χ0n) is 14.2. The molecule has 27 heavy (non-hydrogen) atoms. The zero-order valence-corrected chi connectivity index (χ0v) is 15.8. The first-order chi connectivity index (χ1) is 12.9. The maximum Gasteiger partial charge on any atom is 0.267 e. The van der Waals surface area contributed by atoms with Gasteiger partial charge in [0, 0.05) is 24.4 Å². The summed E-state index contributed by atoms with van der Waals surface area (Å²) in [7, 11) is -1.98. The summed E-state index contributed by atoms with van der Waals surface area (Å²) in [4.78, 5) is 4.86. The van der Waals surface area contributed by atoms with Crippen LogP contribution in [0.2, 0.25) is 0 Å². The van der Waals surface area contributed by atoms with Crippen molar-refractivity contribution in [3.05, 3.63) is 54.7 Å². The molecule has 0 amide bonds. The van der Waals surface area contributed by atoms with E-state index in [1.54, 1.807) is 6.20 Å². The van der Waals surface area contributed by atoms with Gasteiger partial charge < -0.3 is 10.1 Å². The summed E-state index contributed by atoms with van der Waals surface area (Å²) in [6.07, 6.45) is 1.66. The number of hydrogen-bond acceptors (Lipinski definition) is 7. The molecule has 2 aromatic carbocycles. The summed E-state index contributed by atoms with van der Waals surface area (Å²) in [6, 6.07) is 15.1. The molecule has 8 nitrogen and oxygen atoms in total. The molecule has 10 heteroatoms. The molecule has 0 saturated carbocycles. The minimum atomic E-state index is -3.83. The lowest BCUT2D eigenvalue weighted by Crippen LogP contribution is -2.12. The normalized spacial score (nSPS) is 11.6. The van der Waals surface area contributed by atoms with Gasteiger partial charge in [-0.05, 0) is 36.4 Å². The Morgan fingerprint density at radius 3 is 2.59 bits per heavy atom. The molecule has 0 fully saturated rings. The lowest BCUT2D eigenvalue weighted by molar-refractivity contribution is 0.483. The third kappa shape index (κ3) is 3.63. The molecule has 4 rings (SSSR count). The molecule has 2 heterocycles. The fourth-order valence-electron chi connectivity index (χ4n) is 2.48. The number of ether oxygens (including phenoxy) is 1. The predicted octanol–water partition coefficient (Wildman–Crippen LogP) is 2.94. The molecule has 0 saturated heterocycles. The van der Waals surface area contributed by atoms with Crippen LogP contribution in [0.4, 0.5) is 5.69 Å². The van der Waals surface area contributed by atoms with Crippen molar-refractivity contribution in [3.63, 3.8) is 0 Å². The third-order valence-electron chi connectivity index (χ3n) is 3.78. The van der Waals surface area contributed by atoms with Gasteiger partial charge in [0.2, 0.25) is 9.30 Å². The predicted molar refractivity (Wildman–Crippen MR) is 104 cm³/mol. The molecule has 2 aromatic heterocycles. The SMILES string of the molecule is CNc1cccc(Oc2ccc(-c3cn4nc(S(N)(=O)=O)sc4n3)cc2)c1. The van der Waals surface area contributed by atoms with Crippen LogP contribution < -0.4 is 15.2 Å². The van der Waals surface area contributed by atoms with Gasteiger partial charge in [-0.1, -0.05) is 17.4 Å². The zero-order chi connectivity index (χ0) is 19.0. The lowest BCUT2D eigenvalue weighted by atomic mass is 10.1. The fourth-order valence-corrected chi connectivity index (χ4v) is 3.99. The molecule has 0 radical (unpaired) electrons. The maximum atomic E-state index is 11.3. The van der Waals surface area contributed by atoms with Crippen molar-refractivity contribution in [1.29, 1.82) is 0 Å². The van der Waals surface area contributed by atoms with Gasteiger partial charge in [0.15, 0.2) is 0 Å². The lowest BCUT2D eigenvalue weighted by Gasteiger charge is -2.08. The summed E-state index contributed by atoms with van der Waals surface area (Å²) in [6.45, 7) is 0. The van der Waals surface area contributed by atoms with Crippen LogP contribution in [0.15, 0.2) is 59.1 Å². The Balaban J connectivity index is 1.56. The van der Waals surface area contributed by atoms with Crippen LogP contribution in [-0.4, -0.2) is 30.1 Å². The van der Waals surface area contributed by atoms with Gasteiger partial charge in [-0.15, -0.1) is 5.10 Å². The molecule has 0 bridgehead atoms. The summed E-state index contributed by atoms with van der Waals surface area (Å²) in [5.74, 6) is 1.43. The highest BCUT2D eigenvalue weighted by Crippen LogP contribution is 2.28. The van der Waals surface area contributed by atoms with E-state index in [1.807, 2.05) is 55.6 Å². The van der Waals surface area contributed by atoms with Gasteiger partial charge in [0.05, 0.1) is 11.9 Å². The summed E-state index contributed by atoms with van der Waals surface area (Å²) < 4.78 is 29.8. The van der Waals surface area contributed by atoms with Crippen LogP contribution in [0.3, 0.4) is 0 Å². The smallest absolute Gasteiger partial charge is 0.267 e. The van der Waals surface area contributed by atoms with Crippen LogP contribution in [-0.2, 0) is 10.0 Å². The summed E-state index contributed by atoms with van der Waals surface area (Å²) in [5, 5.41) is 12.1. The number of nitrogens with two attached hydrogens (primary N) is 1.